The van der Waals surface area contributed by atoms with Crippen LogP contribution >= 0.6 is 0 Å². The van der Waals surface area contributed by atoms with Crippen LogP contribution < -0.4 is 9.47 Å². The fourth-order valence-corrected chi connectivity index (χ4v) is 1.77. The van der Waals surface area contributed by atoms with E-state index >= 15 is 0 Å². The first kappa shape index (κ1) is 15.3. The minimum absolute atomic E-state index is 0.698. The van der Waals surface area contributed by atoms with Crippen LogP contribution in [0.3, 0.4) is 0 Å². The minimum atomic E-state index is 0.698. The molecule has 0 radical (unpaired) electrons. The van der Waals surface area contributed by atoms with Crippen molar-refractivity contribution in [2.75, 3.05) is 13.7 Å². The Labute approximate surface area is 115 Å². The van der Waals surface area contributed by atoms with Crippen molar-refractivity contribution >= 4 is 12.4 Å². The molecule has 0 atom stereocenters. The first-order valence-electron chi connectivity index (χ1n) is 6.74. The highest BCUT2D eigenvalue weighted by Gasteiger charge is 2.04. The molecule has 0 saturated carbocycles. The number of aldehydes is 1. The lowest BCUT2D eigenvalue weighted by Crippen LogP contribution is -1.99. The van der Waals surface area contributed by atoms with E-state index in [1.165, 1.54) is 25.3 Å². The normalized spacial score (nSPS) is 10.6. The van der Waals surface area contributed by atoms with Crippen LogP contribution in [0.15, 0.2) is 24.3 Å². The molecule has 1 aromatic rings. The molecule has 0 aromatic heterocycles. The van der Waals surface area contributed by atoms with Crippen molar-refractivity contribution in [3.05, 3.63) is 29.8 Å². The van der Waals surface area contributed by atoms with Gasteiger partial charge >= 0.3 is 0 Å². The van der Waals surface area contributed by atoms with E-state index in [9.17, 15) is 4.79 Å². The summed E-state index contributed by atoms with van der Waals surface area (Å²) in [5.74, 6) is 1.45. The van der Waals surface area contributed by atoms with Crippen LogP contribution in [0.4, 0.5) is 0 Å². The number of methoxy groups -OCH3 is 1. The summed E-state index contributed by atoms with van der Waals surface area (Å²) in [5, 5.41) is 0. The van der Waals surface area contributed by atoms with E-state index < -0.39 is 0 Å². The Balaban J connectivity index is 2.57. The average Bonchev–Trinajstić information content (AvgIpc) is 2.45. The summed E-state index contributed by atoms with van der Waals surface area (Å²) in [6, 6.07) is 5.65. The van der Waals surface area contributed by atoms with E-state index in [0.717, 1.165) is 24.0 Å². The second kappa shape index (κ2) is 9.20. The van der Waals surface area contributed by atoms with Gasteiger partial charge in [0.15, 0.2) is 11.5 Å². The Hall–Kier alpha value is -1.77. The molecule has 0 aliphatic carbocycles. The van der Waals surface area contributed by atoms with Crippen LogP contribution in [-0.2, 0) is 4.79 Å². The predicted molar refractivity (Wildman–Crippen MR) is 77.7 cm³/mol. The Kier molecular flexibility index (Phi) is 7.40. The van der Waals surface area contributed by atoms with E-state index in [1.54, 1.807) is 13.2 Å². The summed E-state index contributed by atoms with van der Waals surface area (Å²) in [7, 11) is 1.62. The first-order valence-corrected chi connectivity index (χ1v) is 6.74. The van der Waals surface area contributed by atoms with E-state index in [1.807, 2.05) is 18.2 Å². The third-order valence-electron chi connectivity index (χ3n) is 2.81. The third kappa shape index (κ3) is 5.60. The van der Waals surface area contributed by atoms with E-state index in [2.05, 4.69) is 6.92 Å². The monoisotopic (exact) mass is 262 g/mol. The summed E-state index contributed by atoms with van der Waals surface area (Å²) >= 11 is 0. The van der Waals surface area contributed by atoms with Crippen molar-refractivity contribution in [3.63, 3.8) is 0 Å². The molecule has 0 aliphatic rings. The summed E-state index contributed by atoms with van der Waals surface area (Å²) in [6.07, 6.45) is 8.67. The number of rotatable bonds is 9. The molecule has 0 fully saturated rings. The van der Waals surface area contributed by atoms with Gasteiger partial charge in [-0.15, -0.1) is 0 Å². The highest BCUT2D eigenvalue weighted by molar-refractivity contribution is 5.74. The predicted octanol–water partition coefficient (Wildman–Crippen LogP) is 3.87. The highest BCUT2D eigenvalue weighted by Crippen LogP contribution is 2.28. The largest absolute Gasteiger partial charge is 0.493 e. The van der Waals surface area contributed by atoms with Gasteiger partial charge in [0, 0.05) is 0 Å². The zero-order valence-corrected chi connectivity index (χ0v) is 11.7. The number of allylic oxidation sites excluding steroid dienone is 1. The van der Waals surface area contributed by atoms with Crippen molar-refractivity contribution in [3.8, 4) is 11.5 Å². The number of carbonyl (C=O) groups excluding carboxylic acids is 1. The fourth-order valence-electron chi connectivity index (χ4n) is 1.77. The molecule has 1 rings (SSSR count). The number of hydrogen-bond donors (Lipinski definition) is 0. The summed E-state index contributed by atoms with van der Waals surface area (Å²) in [6.45, 7) is 2.90. The molecular weight excluding hydrogens is 240 g/mol. The maximum Gasteiger partial charge on any atom is 0.161 e. The molecule has 0 N–H and O–H groups in total. The minimum Gasteiger partial charge on any atom is -0.493 e. The second-order valence-corrected chi connectivity index (χ2v) is 4.31. The first-order chi connectivity index (χ1) is 9.31. The molecule has 0 aliphatic heterocycles. The van der Waals surface area contributed by atoms with Gasteiger partial charge in [-0.2, -0.15) is 0 Å². The molecule has 0 heterocycles. The van der Waals surface area contributed by atoms with Crippen molar-refractivity contribution < 1.29 is 14.3 Å². The molecule has 0 amide bonds. The van der Waals surface area contributed by atoms with Gasteiger partial charge in [-0.05, 0) is 30.2 Å². The number of hydrogen-bond acceptors (Lipinski definition) is 3. The maximum absolute atomic E-state index is 10.3. The van der Waals surface area contributed by atoms with Gasteiger partial charge in [-0.25, -0.2) is 0 Å². The maximum atomic E-state index is 10.3. The number of benzene rings is 1. The van der Waals surface area contributed by atoms with Crippen LogP contribution in [0.25, 0.3) is 6.08 Å². The topological polar surface area (TPSA) is 35.5 Å². The van der Waals surface area contributed by atoms with Gasteiger partial charge in [0.25, 0.3) is 0 Å². The Morgan fingerprint density at radius 1 is 1.16 bits per heavy atom. The lowest BCUT2D eigenvalue weighted by atomic mass is 10.2. The SMILES string of the molecule is CCCCCCOc1ccc(C=CC=O)cc1OC. The molecule has 0 spiro atoms. The van der Waals surface area contributed by atoms with Crippen LogP contribution in [0.1, 0.15) is 38.2 Å². The van der Waals surface area contributed by atoms with Gasteiger partial charge in [-0.1, -0.05) is 38.3 Å². The van der Waals surface area contributed by atoms with Crippen LogP contribution in [0.2, 0.25) is 0 Å². The Morgan fingerprint density at radius 3 is 2.68 bits per heavy atom. The molecule has 0 bridgehead atoms. The number of carbonyl (C=O) groups is 1. The zero-order valence-electron chi connectivity index (χ0n) is 11.7. The number of ether oxygens (including phenoxy) is 2. The van der Waals surface area contributed by atoms with Gasteiger partial charge in [0.1, 0.15) is 6.29 Å². The van der Waals surface area contributed by atoms with Crippen LogP contribution in [-0.4, -0.2) is 20.0 Å². The molecule has 19 heavy (non-hydrogen) atoms. The molecule has 0 saturated heterocycles. The molecular formula is C16H22O3. The van der Waals surface area contributed by atoms with Gasteiger partial charge in [-0.3, -0.25) is 4.79 Å². The van der Waals surface area contributed by atoms with Crippen molar-refractivity contribution in [1.29, 1.82) is 0 Å². The lowest BCUT2D eigenvalue weighted by molar-refractivity contribution is -0.104. The van der Waals surface area contributed by atoms with Crippen molar-refractivity contribution in [2.24, 2.45) is 0 Å². The lowest BCUT2D eigenvalue weighted by Gasteiger charge is -2.11. The van der Waals surface area contributed by atoms with Gasteiger partial charge in [0.2, 0.25) is 0 Å². The Bertz CT molecular complexity index is 410. The third-order valence-corrected chi connectivity index (χ3v) is 2.81. The second-order valence-electron chi connectivity index (χ2n) is 4.31. The molecule has 3 heteroatoms. The molecule has 104 valence electrons. The van der Waals surface area contributed by atoms with Crippen molar-refractivity contribution in [1.82, 2.24) is 0 Å². The van der Waals surface area contributed by atoms with Crippen LogP contribution in [0.5, 0.6) is 11.5 Å². The van der Waals surface area contributed by atoms with E-state index in [-0.39, 0.29) is 0 Å². The fraction of sp³-hybridized carbons (Fsp3) is 0.438. The average molecular weight is 262 g/mol. The zero-order chi connectivity index (χ0) is 13.9. The Morgan fingerprint density at radius 2 is 2.00 bits per heavy atom. The van der Waals surface area contributed by atoms with E-state index in [4.69, 9.17) is 9.47 Å². The molecule has 3 nitrogen and oxygen atoms in total. The van der Waals surface area contributed by atoms with Crippen LogP contribution in [0, 0.1) is 0 Å². The van der Waals surface area contributed by atoms with Gasteiger partial charge < -0.3 is 9.47 Å². The summed E-state index contributed by atoms with van der Waals surface area (Å²) in [4.78, 5) is 10.3. The smallest absolute Gasteiger partial charge is 0.161 e. The number of unbranched alkanes of at least 4 members (excludes halogenated alkanes) is 3. The standard InChI is InChI=1S/C16H22O3/c1-3-4-5-6-12-19-15-10-9-14(8-7-11-17)13-16(15)18-2/h7-11,13H,3-6,12H2,1-2H3. The quantitative estimate of drug-likeness (QED) is 0.385. The summed E-state index contributed by atoms with van der Waals surface area (Å²) < 4.78 is 11.0. The summed E-state index contributed by atoms with van der Waals surface area (Å²) in [5.41, 5.74) is 0.919. The van der Waals surface area contributed by atoms with Gasteiger partial charge in [0.05, 0.1) is 13.7 Å². The van der Waals surface area contributed by atoms with Crippen molar-refractivity contribution in [2.45, 2.75) is 32.6 Å². The highest BCUT2D eigenvalue weighted by atomic mass is 16.5. The molecule has 1 aromatic carbocycles. The van der Waals surface area contributed by atoms with E-state index in [0.29, 0.717) is 12.4 Å². The molecule has 0 unspecified atom stereocenters.